The maximum Gasteiger partial charge on any atom is 0.191 e. The Bertz CT molecular complexity index is 723. The Hall–Kier alpha value is -1.65. The van der Waals surface area contributed by atoms with Gasteiger partial charge in [-0.25, -0.2) is 9.97 Å². The first-order chi connectivity index (χ1) is 12.8. The van der Waals surface area contributed by atoms with Gasteiger partial charge in [0.25, 0.3) is 0 Å². The molecule has 3 N–H and O–H groups in total. The number of rotatable bonds is 8. The zero-order chi connectivity index (χ0) is 18.2. The number of aliphatic imine (C=N–C) groups is 1. The molecule has 8 nitrogen and oxygen atoms in total. The lowest BCUT2D eigenvalue weighted by molar-refractivity contribution is 0.481. The van der Waals surface area contributed by atoms with Crippen molar-refractivity contribution in [2.24, 2.45) is 18.0 Å². The molecule has 0 saturated heterocycles. The molecule has 0 amide bonds. The lowest BCUT2D eigenvalue weighted by Crippen LogP contribution is -2.40. The van der Waals surface area contributed by atoms with E-state index in [4.69, 9.17) is 0 Å². The molecule has 2 aromatic heterocycles. The third kappa shape index (κ3) is 6.18. The molecular weight excluding hydrogens is 455 g/mol. The number of hydrogen-bond donors (Lipinski definition) is 3. The van der Waals surface area contributed by atoms with Crippen molar-refractivity contribution in [2.45, 2.75) is 38.5 Å². The van der Waals surface area contributed by atoms with E-state index in [9.17, 15) is 0 Å². The predicted octanol–water partition coefficient (Wildman–Crippen LogP) is 2.53. The van der Waals surface area contributed by atoms with E-state index in [0.29, 0.717) is 0 Å². The number of nitrogens with one attached hydrogen (secondary N) is 3. The highest BCUT2D eigenvalue weighted by molar-refractivity contribution is 14.0. The normalized spacial score (nSPS) is 15.0. The number of aromatic nitrogens is 4. The van der Waals surface area contributed by atoms with Gasteiger partial charge in [-0.15, -0.1) is 24.0 Å². The van der Waals surface area contributed by atoms with Gasteiger partial charge in [0.2, 0.25) is 0 Å². The zero-order valence-electron chi connectivity index (χ0n) is 16.2. The lowest BCUT2D eigenvalue weighted by atomic mass is 10.0. The van der Waals surface area contributed by atoms with E-state index < -0.39 is 0 Å². The number of anilines is 1. The molecule has 1 saturated carbocycles. The quantitative estimate of drug-likeness (QED) is 0.230. The van der Waals surface area contributed by atoms with Crippen molar-refractivity contribution >= 4 is 46.8 Å². The van der Waals surface area contributed by atoms with Gasteiger partial charge in [0.05, 0.1) is 11.6 Å². The first-order valence-electron chi connectivity index (χ1n) is 9.59. The number of fused-ring (bicyclic) bond motifs is 1. The van der Waals surface area contributed by atoms with Gasteiger partial charge in [0, 0.05) is 33.7 Å². The van der Waals surface area contributed by atoms with E-state index in [1.165, 1.54) is 38.5 Å². The molecule has 0 unspecified atom stereocenters. The average Bonchev–Trinajstić information content (AvgIpc) is 3.31. The second-order valence-electron chi connectivity index (χ2n) is 6.87. The monoisotopic (exact) mass is 486 g/mol. The molecular formula is C18H31IN8. The molecule has 0 spiro atoms. The SMILES string of the molecule is CN=C(NCCCC1CCCC1)NCCNc1ncnc2c1cnn2C.I. The van der Waals surface area contributed by atoms with Crippen LogP contribution >= 0.6 is 24.0 Å². The minimum atomic E-state index is 0. The van der Waals surface area contributed by atoms with Crippen LogP contribution in [0.4, 0.5) is 5.82 Å². The summed E-state index contributed by atoms with van der Waals surface area (Å²) in [6.45, 7) is 2.48. The van der Waals surface area contributed by atoms with Crippen LogP contribution in [0.2, 0.25) is 0 Å². The van der Waals surface area contributed by atoms with Crippen molar-refractivity contribution in [3.63, 3.8) is 0 Å². The molecule has 1 aliphatic rings. The topological polar surface area (TPSA) is 92.1 Å². The summed E-state index contributed by atoms with van der Waals surface area (Å²) in [5, 5.41) is 15.2. The first kappa shape index (κ1) is 21.6. The van der Waals surface area contributed by atoms with E-state index in [1.54, 1.807) is 17.2 Å². The molecule has 27 heavy (non-hydrogen) atoms. The maximum absolute atomic E-state index is 4.31. The molecule has 0 bridgehead atoms. The Balaban J connectivity index is 0.00000261. The summed E-state index contributed by atoms with van der Waals surface area (Å²) in [7, 11) is 3.69. The van der Waals surface area contributed by atoms with E-state index in [0.717, 1.165) is 48.4 Å². The Morgan fingerprint density at radius 3 is 2.74 bits per heavy atom. The van der Waals surface area contributed by atoms with Crippen molar-refractivity contribution in [1.82, 2.24) is 30.4 Å². The van der Waals surface area contributed by atoms with Gasteiger partial charge in [-0.05, 0) is 18.8 Å². The molecule has 0 atom stereocenters. The van der Waals surface area contributed by atoms with Gasteiger partial charge in [0.1, 0.15) is 12.1 Å². The van der Waals surface area contributed by atoms with Crippen LogP contribution < -0.4 is 16.0 Å². The third-order valence-corrected chi connectivity index (χ3v) is 5.02. The molecule has 0 radical (unpaired) electrons. The van der Waals surface area contributed by atoms with Crippen LogP contribution in [-0.4, -0.2) is 52.4 Å². The number of hydrogen-bond acceptors (Lipinski definition) is 5. The highest BCUT2D eigenvalue weighted by atomic mass is 127. The minimum Gasteiger partial charge on any atom is -0.368 e. The summed E-state index contributed by atoms with van der Waals surface area (Å²) in [5.74, 6) is 2.62. The molecule has 2 heterocycles. The minimum absolute atomic E-state index is 0. The average molecular weight is 486 g/mol. The summed E-state index contributed by atoms with van der Waals surface area (Å²) in [6, 6.07) is 0. The molecule has 1 fully saturated rings. The molecule has 9 heteroatoms. The number of guanidine groups is 1. The van der Waals surface area contributed by atoms with E-state index >= 15 is 0 Å². The standard InChI is InChI=1S/C18H30N8.HI/c1-19-18(21-9-5-8-14-6-3-4-7-14)22-11-10-20-16-15-12-25-26(2)17(15)24-13-23-16;/h12-14H,3-11H2,1-2H3,(H2,19,21,22)(H,20,23,24);1H. The van der Waals surface area contributed by atoms with Crippen LogP contribution in [0, 0.1) is 5.92 Å². The van der Waals surface area contributed by atoms with Crippen molar-refractivity contribution in [3.05, 3.63) is 12.5 Å². The van der Waals surface area contributed by atoms with Crippen molar-refractivity contribution in [1.29, 1.82) is 0 Å². The molecule has 1 aliphatic carbocycles. The largest absolute Gasteiger partial charge is 0.368 e. The summed E-state index contributed by atoms with van der Waals surface area (Å²) < 4.78 is 1.75. The molecule has 3 rings (SSSR count). The number of nitrogens with zero attached hydrogens (tertiary/aromatic N) is 5. The first-order valence-corrected chi connectivity index (χ1v) is 9.59. The highest BCUT2D eigenvalue weighted by Crippen LogP contribution is 2.28. The van der Waals surface area contributed by atoms with Crippen molar-refractivity contribution in [2.75, 3.05) is 32.0 Å². The van der Waals surface area contributed by atoms with Crippen molar-refractivity contribution < 1.29 is 0 Å². The molecule has 0 aromatic carbocycles. The second-order valence-corrected chi connectivity index (χ2v) is 6.87. The number of aryl methyl sites for hydroxylation is 1. The summed E-state index contributed by atoms with van der Waals surface area (Å²) in [4.78, 5) is 12.8. The lowest BCUT2D eigenvalue weighted by Gasteiger charge is -2.14. The van der Waals surface area contributed by atoms with Crippen LogP contribution in [0.1, 0.15) is 38.5 Å². The van der Waals surface area contributed by atoms with Crippen LogP contribution in [0.3, 0.4) is 0 Å². The fourth-order valence-electron chi connectivity index (χ4n) is 3.58. The third-order valence-electron chi connectivity index (χ3n) is 5.02. The van der Waals surface area contributed by atoms with Gasteiger partial charge in [-0.1, -0.05) is 25.7 Å². The zero-order valence-corrected chi connectivity index (χ0v) is 18.6. The van der Waals surface area contributed by atoms with Gasteiger partial charge in [-0.3, -0.25) is 9.67 Å². The summed E-state index contributed by atoms with van der Waals surface area (Å²) >= 11 is 0. The molecule has 150 valence electrons. The van der Waals surface area contributed by atoms with Gasteiger partial charge < -0.3 is 16.0 Å². The predicted molar refractivity (Wildman–Crippen MR) is 121 cm³/mol. The number of halogens is 1. The van der Waals surface area contributed by atoms with E-state index in [-0.39, 0.29) is 24.0 Å². The van der Waals surface area contributed by atoms with Gasteiger partial charge in [-0.2, -0.15) is 5.10 Å². The maximum atomic E-state index is 4.31. The fourth-order valence-corrected chi connectivity index (χ4v) is 3.58. The van der Waals surface area contributed by atoms with Crippen LogP contribution in [0.5, 0.6) is 0 Å². The highest BCUT2D eigenvalue weighted by Gasteiger charge is 2.14. The summed E-state index contributed by atoms with van der Waals surface area (Å²) in [5.41, 5.74) is 0.829. The Morgan fingerprint density at radius 2 is 1.96 bits per heavy atom. The molecule has 2 aromatic rings. The summed E-state index contributed by atoms with van der Waals surface area (Å²) in [6.07, 6.45) is 11.6. The van der Waals surface area contributed by atoms with E-state index in [1.807, 2.05) is 14.1 Å². The van der Waals surface area contributed by atoms with E-state index in [2.05, 4.69) is 36.0 Å². The smallest absolute Gasteiger partial charge is 0.191 e. The second kappa shape index (κ2) is 11.3. The van der Waals surface area contributed by atoms with Gasteiger partial charge in [0.15, 0.2) is 11.6 Å². The van der Waals surface area contributed by atoms with Crippen LogP contribution in [0.25, 0.3) is 11.0 Å². The van der Waals surface area contributed by atoms with Crippen LogP contribution in [-0.2, 0) is 7.05 Å². The fraction of sp³-hybridized carbons (Fsp3) is 0.667. The Morgan fingerprint density at radius 1 is 1.19 bits per heavy atom. The van der Waals surface area contributed by atoms with Crippen molar-refractivity contribution in [3.8, 4) is 0 Å². The Labute approximate surface area is 178 Å². The molecule has 0 aliphatic heterocycles. The van der Waals surface area contributed by atoms with Gasteiger partial charge >= 0.3 is 0 Å². The Kier molecular flexibility index (Phi) is 9.02. The van der Waals surface area contributed by atoms with Crippen LogP contribution in [0.15, 0.2) is 17.5 Å².